The summed E-state index contributed by atoms with van der Waals surface area (Å²) < 4.78 is 65.9. The van der Waals surface area contributed by atoms with Crippen molar-refractivity contribution in [3.63, 3.8) is 0 Å². The molecule has 1 saturated heterocycles. The molecule has 1 aliphatic rings. The normalized spacial score (nSPS) is 16.9. The minimum atomic E-state index is -4.47. The molecule has 1 unspecified atom stereocenters. The molecule has 2 aromatic rings. The van der Waals surface area contributed by atoms with Gasteiger partial charge in [-0.15, -0.1) is 0 Å². The molecule has 0 aliphatic carbocycles. The zero-order chi connectivity index (χ0) is 24.4. The van der Waals surface area contributed by atoms with Crippen molar-refractivity contribution in [2.45, 2.75) is 43.8 Å². The maximum absolute atomic E-state index is 12.9. The van der Waals surface area contributed by atoms with Crippen LogP contribution in [-0.4, -0.2) is 37.5 Å². The smallest absolute Gasteiger partial charge is 0.349 e. The lowest BCUT2D eigenvalue weighted by Gasteiger charge is -2.31. The Morgan fingerprint density at radius 2 is 1.67 bits per heavy atom. The molecule has 1 amide bonds. The highest BCUT2D eigenvalue weighted by atomic mass is 32.2. The van der Waals surface area contributed by atoms with Crippen molar-refractivity contribution in [3.8, 4) is 0 Å². The monoisotopic (exact) mass is 482 g/mol. The molecule has 1 aliphatic heterocycles. The molecule has 1 N–H and O–H groups in total. The van der Waals surface area contributed by atoms with Crippen molar-refractivity contribution in [1.29, 1.82) is 0 Å². The van der Waals surface area contributed by atoms with Crippen molar-refractivity contribution < 1.29 is 31.2 Å². The highest BCUT2D eigenvalue weighted by Crippen LogP contribution is 2.31. The van der Waals surface area contributed by atoms with Crippen LogP contribution >= 0.6 is 0 Å². The maximum Gasteiger partial charge on any atom is 0.416 e. The van der Waals surface area contributed by atoms with E-state index >= 15 is 0 Å². The second kappa shape index (κ2) is 9.64. The van der Waals surface area contributed by atoms with Crippen LogP contribution < -0.4 is 5.32 Å². The highest BCUT2D eigenvalue weighted by Gasteiger charge is 2.33. The molecule has 1 heterocycles. The van der Waals surface area contributed by atoms with Gasteiger partial charge >= 0.3 is 6.18 Å². The van der Waals surface area contributed by atoms with Gasteiger partial charge in [0, 0.05) is 24.6 Å². The van der Waals surface area contributed by atoms with Gasteiger partial charge in [0.05, 0.1) is 16.5 Å². The van der Waals surface area contributed by atoms with Gasteiger partial charge in [0.1, 0.15) is 0 Å². The molecule has 6 nitrogen and oxygen atoms in total. The standard InChI is InChI=1S/C23H25F3N2O4S/c1-15(19-4-3-5-20(14-19)23(24,25)26)27-22(30)18-10-12-28(13-11-18)33(31,32)21-8-6-17(7-9-21)16(2)29/h3-9,14-15,18H,10-13H2,1-2H3,(H,27,30). The van der Waals surface area contributed by atoms with Crippen LogP contribution in [0.2, 0.25) is 0 Å². The molecule has 0 saturated carbocycles. The van der Waals surface area contributed by atoms with Crippen LogP contribution in [0.3, 0.4) is 0 Å². The van der Waals surface area contributed by atoms with Gasteiger partial charge in [-0.05, 0) is 56.5 Å². The first-order chi connectivity index (χ1) is 15.4. The molecule has 0 radical (unpaired) electrons. The topological polar surface area (TPSA) is 83.6 Å². The Bertz CT molecular complexity index is 1120. The van der Waals surface area contributed by atoms with Crippen molar-refractivity contribution in [2.75, 3.05) is 13.1 Å². The van der Waals surface area contributed by atoms with E-state index in [4.69, 9.17) is 0 Å². The van der Waals surface area contributed by atoms with Crippen LogP contribution in [0.5, 0.6) is 0 Å². The number of rotatable bonds is 6. The molecule has 0 spiro atoms. The van der Waals surface area contributed by atoms with Gasteiger partial charge < -0.3 is 5.32 Å². The minimum absolute atomic E-state index is 0.0774. The third kappa shape index (κ3) is 5.80. The number of ketones is 1. The van der Waals surface area contributed by atoms with Crippen LogP contribution in [0.25, 0.3) is 0 Å². The van der Waals surface area contributed by atoms with Gasteiger partial charge in [0.25, 0.3) is 0 Å². The van der Waals surface area contributed by atoms with Crippen LogP contribution in [0, 0.1) is 5.92 Å². The number of piperidine rings is 1. The van der Waals surface area contributed by atoms with Crippen molar-refractivity contribution >= 4 is 21.7 Å². The minimum Gasteiger partial charge on any atom is -0.349 e. The Balaban J connectivity index is 1.60. The molecular weight excluding hydrogens is 457 g/mol. The van der Waals surface area contributed by atoms with Gasteiger partial charge in [-0.25, -0.2) is 8.42 Å². The average Bonchev–Trinajstić information content (AvgIpc) is 2.78. The fraction of sp³-hybridized carbons (Fsp3) is 0.391. The Morgan fingerprint density at radius 3 is 2.21 bits per heavy atom. The number of amides is 1. The number of carbonyl (C=O) groups is 2. The molecule has 10 heteroatoms. The number of halogens is 3. The fourth-order valence-electron chi connectivity index (χ4n) is 3.77. The summed E-state index contributed by atoms with van der Waals surface area (Å²) in [6.45, 7) is 3.30. The average molecular weight is 483 g/mol. The summed E-state index contributed by atoms with van der Waals surface area (Å²) in [4.78, 5) is 24.1. The largest absolute Gasteiger partial charge is 0.416 e. The predicted octanol–water partition coefficient (Wildman–Crippen LogP) is 4.19. The second-order valence-corrected chi connectivity index (χ2v) is 10.1. The van der Waals surface area contributed by atoms with Crippen molar-refractivity contribution in [3.05, 3.63) is 65.2 Å². The molecule has 1 atom stereocenters. The first-order valence-corrected chi connectivity index (χ1v) is 11.9. The molecule has 0 aromatic heterocycles. The maximum atomic E-state index is 12.9. The number of benzene rings is 2. The molecule has 2 aromatic carbocycles. The molecule has 1 fully saturated rings. The SMILES string of the molecule is CC(=O)c1ccc(S(=O)(=O)N2CCC(C(=O)NC(C)c3cccc(C(F)(F)F)c3)CC2)cc1. The summed E-state index contributed by atoms with van der Waals surface area (Å²) in [5.41, 5.74) is -0.0256. The number of sulfonamides is 1. The summed E-state index contributed by atoms with van der Waals surface area (Å²) in [7, 11) is -3.75. The van der Waals surface area contributed by atoms with E-state index in [9.17, 15) is 31.2 Å². The summed E-state index contributed by atoms with van der Waals surface area (Å²) >= 11 is 0. The molecule has 33 heavy (non-hydrogen) atoms. The second-order valence-electron chi connectivity index (χ2n) is 8.11. The lowest BCUT2D eigenvalue weighted by atomic mass is 9.96. The molecular formula is C23H25F3N2O4S. The van der Waals surface area contributed by atoms with E-state index in [-0.39, 0.29) is 29.7 Å². The van der Waals surface area contributed by atoms with E-state index in [0.29, 0.717) is 24.0 Å². The van der Waals surface area contributed by atoms with Crippen LogP contribution in [-0.2, 0) is 21.0 Å². The summed E-state index contributed by atoms with van der Waals surface area (Å²) in [5.74, 6) is -0.919. The number of nitrogens with one attached hydrogen (secondary N) is 1. The number of alkyl halides is 3. The number of nitrogens with zero attached hydrogens (tertiary/aromatic N) is 1. The number of carbonyl (C=O) groups excluding carboxylic acids is 2. The first kappa shape index (κ1) is 24.9. The van der Waals surface area contributed by atoms with Crippen LogP contribution in [0.1, 0.15) is 54.2 Å². The van der Waals surface area contributed by atoms with Gasteiger partial charge in [-0.1, -0.05) is 24.3 Å². The van der Waals surface area contributed by atoms with Crippen LogP contribution in [0.15, 0.2) is 53.4 Å². The first-order valence-electron chi connectivity index (χ1n) is 10.5. The number of Topliss-reactive ketones (excluding diaryl/α,β-unsaturated/α-hetero) is 1. The van der Waals surface area contributed by atoms with E-state index in [0.717, 1.165) is 12.1 Å². The van der Waals surface area contributed by atoms with E-state index in [2.05, 4.69) is 5.32 Å². The lowest BCUT2D eigenvalue weighted by molar-refractivity contribution is -0.137. The van der Waals surface area contributed by atoms with Gasteiger partial charge in [-0.3, -0.25) is 9.59 Å². The molecule has 178 valence electrons. The predicted molar refractivity (Wildman–Crippen MR) is 116 cm³/mol. The van der Waals surface area contributed by atoms with E-state index in [1.54, 1.807) is 6.92 Å². The Morgan fingerprint density at radius 1 is 1.06 bits per heavy atom. The zero-order valence-corrected chi connectivity index (χ0v) is 19.0. The van der Waals surface area contributed by atoms with E-state index < -0.39 is 33.7 Å². The number of hydrogen-bond acceptors (Lipinski definition) is 4. The number of hydrogen-bond donors (Lipinski definition) is 1. The van der Waals surface area contributed by atoms with Crippen molar-refractivity contribution in [1.82, 2.24) is 9.62 Å². The molecule has 3 rings (SSSR count). The summed E-state index contributed by atoms with van der Waals surface area (Å²) in [6.07, 6.45) is -3.87. The molecule has 0 bridgehead atoms. The van der Waals surface area contributed by atoms with E-state index in [1.807, 2.05) is 0 Å². The Kier molecular flexibility index (Phi) is 7.28. The van der Waals surface area contributed by atoms with Crippen LogP contribution in [0.4, 0.5) is 13.2 Å². The van der Waals surface area contributed by atoms with E-state index in [1.165, 1.54) is 47.6 Å². The Labute approximate surface area is 190 Å². The Hall–Kier alpha value is -2.72. The highest BCUT2D eigenvalue weighted by molar-refractivity contribution is 7.89. The summed E-state index contributed by atoms with van der Waals surface area (Å²) in [5, 5.41) is 2.74. The lowest BCUT2D eigenvalue weighted by Crippen LogP contribution is -2.43. The van der Waals surface area contributed by atoms with Gasteiger partial charge in [0.2, 0.25) is 15.9 Å². The van der Waals surface area contributed by atoms with Crippen molar-refractivity contribution in [2.24, 2.45) is 5.92 Å². The van der Waals surface area contributed by atoms with Gasteiger partial charge in [-0.2, -0.15) is 17.5 Å². The third-order valence-corrected chi connectivity index (χ3v) is 7.71. The quantitative estimate of drug-likeness (QED) is 0.626. The summed E-state index contributed by atoms with van der Waals surface area (Å²) in [6, 6.07) is 9.89. The zero-order valence-electron chi connectivity index (χ0n) is 18.2. The van der Waals surface area contributed by atoms with Gasteiger partial charge in [0.15, 0.2) is 5.78 Å². The third-order valence-electron chi connectivity index (χ3n) is 5.80. The fourth-order valence-corrected chi connectivity index (χ4v) is 5.24.